The summed E-state index contributed by atoms with van der Waals surface area (Å²) >= 11 is 0. The predicted molar refractivity (Wildman–Crippen MR) is 135 cm³/mol. The van der Waals surface area contributed by atoms with E-state index in [1.165, 1.54) is 0 Å². The van der Waals surface area contributed by atoms with E-state index in [1.807, 2.05) is 55.5 Å². The van der Waals surface area contributed by atoms with Crippen LogP contribution in [0, 0.1) is 12.8 Å². The molecule has 1 fully saturated rings. The minimum Gasteiger partial charge on any atom is -0.457 e. The first-order valence-electron chi connectivity index (χ1n) is 12.5. The van der Waals surface area contributed by atoms with E-state index in [2.05, 4.69) is 4.90 Å². The van der Waals surface area contributed by atoms with Crippen LogP contribution in [0.1, 0.15) is 49.7 Å². The molecule has 186 valence electrons. The van der Waals surface area contributed by atoms with Crippen molar-refractivity contribution >= 4 is 5.78 Å². The molecule has 1 aliphatic rings. The average molecular weight is 469 g/mol. The lowest BCUT2D eigenvalue weighted by Crippen LogP contribution is -2.47. The number of para-hydroxylation sites is 2. The Bertz CT molecular complexity index is 919. The number of rotatable bonds is 13. The third-order valence-corrected chi connectivity index (χ3v) is 6.83. The quantitative estimate of drug-likeness (QED) is 0.423. The second kappa shape index (κ2) is 13.0. The fourth-order valence-electron chi connectivity index (χ4n) is 4.98. The summed E-state index contributed by atoms with van der Waals surface area (Å²) < 4.78 is 11.6. The fourth-order valence-corrected chi connectivity index (χ4v) is 4.98. The average Bonchev–Trinajstić information content (AvgIpc) is 2.84. The standard InChI is InChI=1S/C28H40N2O4/c1-22-10-3-5-13-26(22)34-27-14-6-4-12-25(27)28(32,16-7-8-19-33-2)23-11-9-18-30(20-23)21-24(31)15-17-29/h3-6,10,12-14,23,32H,7-9,11,15-21,29H2,1-2H3. The number of carbonyl (C=O) groups is 1. The van der Waals surface area contributed by atoms with Gasteiger partial charge in [-0.25, -0.2) is 0 Å². The summed E-state index contributed by atoms with van der Waals surface area (Å²) in [6.45, 7) is 5.01. The monoisotopic (exact) mass is 468 g/mol. The van der Waals surface area contributed by atoms with Gasteiger partial charge in [0.2, 0.25) is 0 Å². The van der Waals surface area contributed by atoms with Crippen LogP contribution in [0.5, 0.6) is 11.5 Å². The molecule has 0 aliphatic carbocycles. The second-order valence-electron chi connectivity index (χ2n) is 9.39. The largest absolute Gasteiger partial charge is 0.457 e. The van der Waals surface area contributed by atoms with Crippen LogP contribution >= 0.6 is 0 Å². The third kappa shape index (κ3) is 6.89. The summed E-state index contributed by atoms with van der Waals surface area (Å²) in [5.74, 6) is 1.63. The molecule has 3 rings (SSSR count). The van der Waals surface area contributed by atoms with E-state index in [9.17, 15) is 9.90 Å². The number of benzene rings is 2. The van der Waals surface area contributed by atoms with Crippen molar-refractivity contribution in [3.8, 4) is 11.5 Å². The number of methoxy groups -OCH3 is 1. The summed E-state index contributed by atoms with van der Waals surface area (Å²) in [4.78, 5) is 14.4. The van der Waals surface area contributed by atoms with E-state index in [0.717, 1.165) is 49.1 Å². The Balaban J connectivity index is 1.89. The molecule has 34 heavy (non-hydrogen) atoms. The molecule has 0 amide bonds. The zero-order chi connectivity index (χ0) is 24.4. The molecule has 0 aromatic heterocycles. The molecular formula is C28H40N2O4. The highest BCUT2D eigenvalue weighted by atomic mass is 16.5. The maximum Gasteiger partial charge on any atom is 0.148 e. The SMILES string of the molecule is COCCCCC(O)(c1ccccc1Oc1ccccc1C)C1CCCN(CC(=O)CCN)C1. The maximum atomic E-state index is 12.3. The lowest BCUT2D eigenvalue weighted by atomic mass is 9.73. The first-order valence-corrected chi connectivity index (χ1v) is 12.5. The van der Waals surface area contributed by atoms with Gasteiger partial charge in [-0.05, 0) is 69.8 Å². The van der Waals surface area contributed by atoms with Crippen LogP contribution in [0.25, 0.3) is 0 Å². The normalized spacial score (nSPS) is 18.4. The molecule has 0 radical (unpaired) electrons. The van der Waals surface area contributed by atoms with E-state index in [-0.39, 0.29) is 11.7 Å². The van der Waals surface area contributed by atoms with Crippen molar-refractivity contribution < 1.29 is 19.4 Å². The molecule has 0 spiro atoms. The van der Waals surface area contributed by atoms with Crippen molar-refractivity contribution in [1.29, 1.82) is 0 Å². The highest BCUT2D eigenvalue weighted by Crippen LogP contribution is 2.44. The third-order valence-electron chi connectivity index (χ3n) is 6.83. The summed E-state index contributed by atoms with van der Waals surface area (Å²) in [6.07, 6.45) is 4.58. The van der Waals surface area contributed by atoms with Gasteiger partial charge in [0.05, 0.1) is 12.1 Å². The van der Waals surface area contributed by atoms with Crippen molar-refractivity contribution in [2.75, 3.05) is 39.9 Å². The number of Topliss-reactive ketones (excluding diaryl/α,β-unsaturated/α-hetero) is 1. The van der Waals surface area contributed by atoms with Crippen LogP contribution in [0.3, 0.4) is 0 Å². The van der Waals surface area contributed by atoms with Crippen LogP contribution in [0.2, 0.25) is 0 Å². The molecule has 0 saturated carbocycles. The molecule has 2 aromatic carbocycles. The number of carbonyl (C=O) groups excluding carboxylic acids is 1. The number of hydrogen-bond acceptors (Lipinski definition) is 6. The highest BCUT2D eigenvalue weighted by molar-refractivity contribution is 5.80. The van der Waals surface area contributed by atoms with Crippen molar-refractivity contribution in [2.45, 2.75) is 51.0 Å². The zero-order valence-electron chi connectivity index (χ0n) is 20.7. The van der Waals surface area contributed by atoms with Gasteiger partial charge in [-0.3, -0.25) is 9.69 Å². The van der Waals surface area contributed by atoms with E-state index in [1.54, 1.807) is 7.11 Å². The summed E-state index contributed by atoms with van der Waals surface area (Å²) in [5.41, 5.74) is 6.37. The smallest absolute Gasteiger partial charge is 0.148 e. The number of likely N-dealkylation sites (tertiary alicyclic amines) is 1. The Morgan fingerprint density at radius 2 is 1.88 bits per heavy atom. The molecule has 1 aliphatic heterocycles. The number of unbranched alkanes of at least 4 members (excludes halogenated alkanes) is 1. The van der Waals surface area contributed by atoms with E-state index < -0.39 is 5.60 Å². The molecule has 6 nitrogen and oxygen atoms in total. The predicted octanol–water partition coefficient (Wildman–Crippen LogP) is 4.42. The molecule has 6 heteroatoms. The molecule has 1 saturated heterocycles. The van der Waals surface area contributed by atoms with Crippen LogP contribution in [-0.2, 0) is 15.1 Å². The van der Waals surface area contributed by atoms with Gasteiger partial charge < -0.3 is 20.3 Å². The molecule has 2 atom stereocenters. The number of nitrogens with two attached hydrogens (primary N) is 1. The lowest BCUT2D eigenvalue weighted by Gasteiger charge is -2.43. The van der Waals surface area contributed by atoms with Gasteiger partial charge in [0.25, 0.3) is 0 Å². The topological polar surface area (TPSA) is 85.0 Å². The summed E-state index contributed by atoms with van der Waals surface area (Å²) in [6, 6.07) is 15.8. The van der Waals surface area contributed by atoms with Gasteiger partial charge in [-0.15, -0.1) is 0 Å². The van der Waals surface area contributed by atoms with Crippen LogP contribution in [0.15, 0.2) is 48.5 Å². The van der Waals surface area contributed by atoms with E-state index >= 15 is 0 Å². The Morgan fingerprint density at radius 3 is 2.62 bits per heavy atom. The van der Waals surface area contributed by atoms with Crippen molar-refractivity contribution in [3.63, 3.8) is 0 Å². The summed E-state index contributed by atoms with van der Waals surface area (Å²) in [5, 5.41) is 12.3. The van der Waals surface area contributed by atoms with Crippen LogP contribution in [-0.4, -0.2) is 55.7 Å². The van der Waals surface area contributed by atoms with Crippen molar-refractivity contribution in [2.24, 2.45) is 11.7 Å². The number of piperidine rings is 1. The minimum absolute atomic E-state index is 0.00362. The Hall–Kier alpha value is -2.25. The molecular weight excluding hydrogens is 428 g/mol. The first kappa shape index (κ1) is 26.4. The van der Waals surface area contributed by atoms with Gasteiger partial charge in [0, 0.05) is 38.2 Å². The lowest BCUT2D eigenvalue weighted by molar-refractivity contribution is -0.121. The summed E-state index contributed by atoms with van der Waals surface area (Å²) in [7, 11) is 1.70. The Morgan fingerprint density at radius 1 is 1.15 bits per heavy atom. The van der Waals surface area contributed by atoms with Gasteiger partial charge >= 0.3 is 0 Å². The Kier molecular flexibility index (Phi) is 10.1. The van der Waals surface area contributed by atoms with Gasteiger partial charge in [-0.1, -0.05) is 36.4 Å². The zero-order valence-corrected chi connectivity index (χ0v) is 20.7. The van der Waals surface area contributed by atoms with Crippen LogP contribution < -0.4 is 10.5 Å². The van der Waals surface area contributed by atoms with Crippen molar-refractivity contribution in [3.05, 3.63) is 59.7 Å². The Labute approximate surface area is 204 Å². The number of aliphatic hydroxyl groups is 1. The number of aryl methyl sites for hydroxylation is 1. The molecule has 1 heterocycles. The fraction of sp³-hybridized carbons (Fsp3) is 0.536. The number of ketones is 1. The molecule has 2 unspecified atom stereocenters. The molecule has 0 bridgehead atoms. The van der Waals surface area contributed by atoms with Gasteiger partial charge in [0.1, 0.15) is 17.3 Å². The molecule has 3 N–H and O–H groups in total. The number of nitrogens with zero attached hydrogens (tertiary/aromatic N) is 1. The second-order valence-corrected chi connectivity index (χ2v) is 9.39. The number of ether oxygens (including phenoxy) is 2. The van der Waals surface area contributed by atoms with Crippen molar-refractivity contribution in [1.82, 2.24) is 4.90 Å². The van der Waals surface area contributed by atoms with E-state index in [0.29, 0.717) is 44.8 Å². The van der Waals surface area contributed by atoms with E-state index in [4.69, 9.17) is 15.2 Å². The van der Waals surface area contributed by atoms with Crippen LogP contribution in [0.4, 0.5) is 0 Å². The van der Waals surface area contributed by atoms with Gasteiger partial charge in [0.15, 0.2) is 0 Å². The highest BCUT2D eigenvalue weighted by Gasteiger charge is 2.42. The molecule has 2 aromatic rings. The number of hydrogen-bond donors (Lipinski definition) is 2. The first-order chi connectivity index (χ1) is 16.5. The maximum absolute atomic E-state index is 12.3. The minimum atomic E-state index is -1.07. The van der Waals surface area contributed by atoms with Gasteiger partial charge in [-0.2, -0.15) is 0 Å².